The maximum Gasteiger partial charge on any atom is 0.306 e. The lowest BCUT2D eigenvalue weighted by Crippen LogP contribution is -2.61. The minimum Gasteiger partial charge on any atom is -0.454 e. The number of amides is 1. The van der Waals surface area contributed by atoms with Crippen molar-refractivity contribution in [3.63, 3.8) is 0 Å². The van der Waals surface area contributed by atoms with Crippen LogP contribution < -0.4 is 5.32 Å². The standard InChI is InChI=1S/C70H123NO10/c1-4-7-10-13-16-19-22-25-26-27-28-29-30-31-32-33-34-35-36-37-38-40-43-46-49-52-55-58-65(75)81-68-67(77)66(76)64(59-72)80-70(68)79-60-61(62(73)56-53-50-47-44-42-39-23-20-17-14-11-8-5-2)71-69(78)63(74)57-54-51-48-45-41-24-21-18-15-12-9-6-3/h9,12,15-16,18-19,21,24-26,28-29,53,56,61-64,66-68,70,72-74,76-77H,4-8,10-11,13-14,17,20,22-23,27,30-52,54-55,57-60H2,1-3H3,(H,71,78)/b12-9+,18-15+,19-16-,24-21-,26-25-,29-28-,56-53+. The fourth-order valence-electron chi connectivity index (χ4n) is 10.1. The van der Waals surface area contributed by atoms with Gasteiger partial charge in [0.15, 0.2) is 12.4 Å². The van der Waals surface area contributed by atoms with Crippen molar-refractivity contribution in [3.05, 3.63) is 85.1 Å². The second-order valence-corrected chi connectivity index (χ2v) is 22.9. The first-order valence-corrected chi connectivity index (χ1v) is 33.4. The zero-order valence-corrected chi connectivity index (χ0v) is 51.9. The summed E-state index contributed by atoms with van der Waals surface area (Å²) in [6, 6.07) is -1.04. The molecular formula is C70H123NO10. The van der Waals surface area contributed by atoms with Crippen molar-refractivity contribution in [2.24, 2.45) is 0 Å². The zero-order chi connectivity index (χ0) is 58.9. The SMILES string of the molecule is CC/C=C/C=C/C=C\CCCCCCC(O)C(=O)NC(COC1OC(CO)C(O)C(O)C1OC(=O)CCCCCCCCCCCCCCCC/C=C\C/C=C\C/C=C\CCCCC)C(O)/C=C/CCCCCCCCCCCCC. The van der Waals surface area contributed by atoms with E-state index < -0.39 is 67.4 Å². The molecule has 0 aliphatic carbocycles. The molecule has 0 saturated carbocycles. The molecule has 1 heterocycles. The highest BCUT2D eigenvalue weighted by Gasteiger charge is 2.47. The van der Waals surface area contributed by atoms with Crippen molar-refractivity contribution in [2.45, 2.75) is 333 Å². The van der Waals surface area contributed by atoms with Gasteiger partial charge in [0, 0.05) is 6.42 Å². The molecule has 1 aliphatic rings. The van der Waals surface area contributed by atoms with Gasteiger partial charge in [0.1, 0.15) is 24.4 Å². The molecule has 0 aromatic rings. The van der Waals surface area contributed by atoms with Crippen molar-refractivity contribution in [1.29, 1.82) is 0 Å². The Balaban J connectivity index is 2.56. The van der Waals surface area contributed by atoms with E-state index >= 15 is 0 Å². The van der Waals surface area contributed by atoms with Gasteiger partial charge in [0.25, 0.3) is 0 Å². The van der Waals surface area contributed by atoms with Gasteiger partial charge in [-0.05, 0) is 83.5 Å². The van der Waals surface area contributed by atoms with Crippen LogP contribution in [0.25, 0.3) is 0 Å². The molecule has 1 aliphatic heterocycles. The molecule has 0 aromatic carbocycles. The van der Waals surface area contributed by atoms with Crippen molar-refractivity contribution in [1.82, 2.24) is 5.32 Å². The number of esters is 1. The molecule has 1 fully saturated rings. The number of unbranched alkanes of at least 4 members (excludes halogenated alkanes) is 32. The van der Waals surface area contributed by atoms with Gasteiger partial charge in [-0.3, -0.25) is 9.59 Å². The average molecular weight is 1140 g/mol. The molecule has 0 spiro atoms. The van der Waals surface area contributed by atoms with Gasteiger partial charge in [0.05, 0.1) is 25.4 Å². The molecule has 0 radical (unpaired) electrons. The van der Waals surface area contributed by atoms with Crippen LogP contribution in [-0.4, -0.2) is 99.6 Å². The highest BCUT2D eigenvalue weighted by molar-refractivity contribution is 5.80. The average Bonchev–Trinajstić information content (AvgIpc) is 3.50. The van der Waals surface area contributed by atoms with E-state index in [0.29, 0.717) is 12.8 Å². The number of aliphatic hydroxyl groups is 5. The number of carbonyl (C=O) groups excluding carboxylic acids is 2. The molecule has 468 valence electrons. The number of nitrogens with one attached hydrogen (secondary N) is 1. The molecule has 8 atom stereocenters. The van der Waals surface area contributed by atoms with E-state index in [4.69, 9.17) is 14.2 Å². The highest BCUT2D eigenvalue weighted by atomic mass is 16.7. The second-order valence-electron chi connectivity index (χ2n) is 22.9. The zero-order valence-electron chi connectivity index (χ0n) is 51.9. The number of aliphatic hydroxyl groups excluding tert-OH is 5. The summed E-state index contributed by atoms with van der Waals surface area (Å²) in [5, 5.41) is 57.0. The molecule has 11 heteroatoms. The fraction of sp³-hybridized carbons (Fsp3) is 0.771. The lowest BCUT2D eigenvalue weighted by molar-refractivity contribution is -0.305. The van der Waals surface area contributed by atoms with Crippen molar-refractivity contribution in [2.75, 3.05) is 13.2 Å². The number of hydrogen-bond acceptors (Lipinski definition) is 10. The summed E-state index contributed by atoms with van der Waals surface area (Å²) >= 11 is 0. The number of ether oxygens (including phenoxy) is 3. The molecule has 8 unspecified atom stereocenters. The molecule has 1 amide bonds. The van der Waals surface area contributed by atoms with Gasteiger partial charge < -0.3 is 45.1 Å². The Labute approximate surface area is 495 Å². The Morgan fingerprint density at radius 1 is 0.506 bits per heavy atom. The van der Waals surface area contributed by atoms with E-state index in [2.05, 4.69) is 74.7 Å². The number of rotatable bonds is 56. The van der Waals surface area contributed by atoms with Crippen LogP contribution in [0.1, 0.15) is 284 Å². The molecule has 1 rings (SSSR count). The quantitative estimate of drug-likeness (QED) is 0.0149. The molecule has 0 aromatic heterocycles. The van der Waals surface area contributed by atoms with E-state index in [0.717, 1.165) is 83.5 Å². The van der Waals surface area contributed by atoms with E-state index in [1.807, 2.05) is 30.4 Å². The van der Waals surface area contributed by atoms with Gasteiger partial charge in [0.2, 0.25) is 5.91 Å². The summed E-state index contributed by atoms with van der Waals surface area (Å²) in [5.74, 6) is -1.22. The third kappa shape index (κ3) is 45.0. The van der Waals surface area contributed by atoms with Gasteiger partial charge in [-0.25, -0.2) is 0 Å². The minimum absolute atomic E-state index is 0.117. The number of allylic oxidation sites excluding steroid dienone is 13. The Morgan fingerprint density at radius 3 is 1.46 bits per heavy atom. The first-order chi connectivity index (χ1) is 39.7. The Hall–Kier alpha value is -3.16. The van der Waals surface area contributed by atoms with E-state index in [1.54, 1.807) is 6.08 Å². The fourth-order valence-corrected chi connectivity index (χ4v) is 10.1. The molecule has 81 heavy (non-hydrogen) atoms. The van der Waals surface area contributed by atoms with Crippen LogP contribution in [0.3, 0.4) is 0 Å². The smallest absolute Gasteiger partial charge is 0.306 e. The predicted molar refractivity (Wildman–Crippen MR) is 338 cm³/mol. The van der Waals surface area contributed by atoms with Crippen LogP contribution in [0.15, 0.2) is 85.1 Å². The van der Waals surface area contributed by atoms with E-state index in [1.165, 1.54) is 154 Å². The molecule has 1 saturated heterocycles. The summed E-state index contributed by atoms with van der Waals surface area (Å²) in [5.41, 5.74) is 0. The van der Waals surface area contributed by atoms with Gasteiger partial charge in [-0.1, -0.05) is 279 Å². The Kier molecular flexibility index (Phi) is 53.6. The maximum absolute atomic E-state index is 13.4. The molecule has 6 N–H and O–H groups in total. The lowest BCUT2D eigenvalue weighted by atomic mass is 9.99. The van der Waals surface area contributed by atoms with Crippen molar-refractivity contribution in [3.8, 4) is 0 Å². The summed E-state index contributed by atoms with van der Waals surface area (Å²) < 4.78 is 17.6. The summed E-state index contributed by atoms with van der Waals surface area (Å²) in [7, 11) is 0. The van der Waals surface area contributed by atoms with Gasteiger partial charge >= 0.3 is 5.97 Å². The lowest BCUT2D eigenvalue weighted by Gasteiger charge is -2.41. The first-order valence-electron chi connectivity index (χ1n) is 33.4. The predicted octanol–water partition coefficient (Wildman–Crippen LogP) is 16.5. The number of carbonyl (C=O) groups is 2. The highest BCUT2D eigenvalue weighted by Crippen LogP contribution is 2.26. The monoisotopic (exact) mass is 1140 g/mol. The third-order valence-corrected chi connectivity index (χ3v) is 15.3. The van der Waals surface area contributed by atoms with Crippen LogP contribution >= 0.6 is 0 Å². The van der Waals surface area contributed by atoms with Crippen LogP contribution in [-0.2, 0) is 23.8 Å². The molecular weight excluding hydrogens is 1010 g/mol. The van der Waals surface area contributed by atoms with Crippen LogP contribution in [0, 0.1) is 0 Å². The van der Waals surface area contributed by atoms with Crippen LogP contribution in [0.2, 0.25) is 0 Å². The first kappa shape index (κ1) is 75.9. The Bertz CT molecular complexity index is 1640. The second kappa shape index (κ2) is 57.3. The minimum atomic E-state index is -1.62. The third-order valence-electron chi connectivity index (χ3n) is 15.3. The van der Waals surface area contributed by atoms with Gasteiger partial charge in [-0.2, -0.15) is 0 Å². The largest absolute Gasteiger partial charge is 0.454 e. The molecule has 11 nitrogen and oxygen atoms in total. The topological polar surface area (TPSA) is 175 Å². The van der Waals surface area contributed by atoms with E-state index in [-0.39, 0.29) is 19.4 Å². The van der Waals surface area contributed by atoms with Crippen molar-refractivity contribution < 1.29 is 49.3 Å². The summed E-state index contributed by atoms with van der Waals surface area (Å²) in [6.45, 7) is 5.62. The van der Waals surface area contributed by atoms with Gasteiger partial charge in [-0.15, -0.1) is 0 Å². The maximum atomic E-state index is 13.4. The number of hydrogen-bond donors (Lipinski definition) is 6. The van der Waals surface area contributed by atoms with E-state index in [9.17, 15) is 35.1 Å². The van der Waals surface area contributed by atoms with Crippen molar-refractivity contribution >= 4 is 11.9 Å². The Morgan fingerprint density at radius 2 is 0.938 bits per heavy atom. The summed E-state index contributed by atoms with van der Waals surface area (Å²) in [6.07, 6.45) is 64.9. The normalized spacial score (nSPS) is 19.2. The summed E-state index contributed by atoms with van der Waals surface area (Å²) in [4.78, 5) is 26.6. The van der Waals surface area contributed by atoms with Crippen LogP contribution in [0.4, 0.5) is 0 Å². The van der Waals surface area contributed by atoms with Crippen LogP contribution in [0.5, 0.6) is 0 Å². The molecule has 0 bridgehead atoms.